The molecular formula is C17H13N3O5S. The number of fused-ring (bicyclic) bond motifs is 1. The summed E-state index contributed by atoms with van der Waals surface area (Å²) in [6.45, 7) is 1.09. The smallest absolute Gasteiger partial charge is 0.338 e. The number of aromatic nitrogens is 1. The lowest BCUT2D eigenvalue weighted by Crippen LogP contribution is -2.22. The van der Waals surface area contributed by atoms with Gasteiger partial charge in [-0.1, -0.05) is 12.1 Å². The first-order valence-electron chi connectivity index (χ1n) is 7.50. The Kier molecular flexibility index (Phi) is 4.90. The molecule has 8 nitrogen and oxygen atoms in total. The first-order valence-corrected chi connectivity index (χ1v) is 8.38. The van der Waals surface area contributed by atoms with Crippen molar-refractivity contribution in [2.45, 2.75) is 6.92 Å². The summed E-state index contributed by atoms with van der Waals surface area (Å²) in [6, 6.07) is 9.35. The number of thiazole rings is 1. The van der Waals surface area contributed by atoms with Crippen molar-refractivity contribution in [3.63, 3.8) is 0 Å². The molecule has 26 heavy (non-hydrogen) atoms. The van der Waals surface area contributed by atoms with Gasteiger partial charge in [0.25, 0.3) is 11.6 Å². The zero-order valence-corrected chi connectivity index (χ0v) is 14.4. The van der Waals surface area contributed by atoms with Gasteiger partial charge in [0.2, 0.25) is 0 Å². The highest BCUT2D eigenvalue weighted by molar-refractivity contribution is 7.16. The minimum atomic E-state index is -0.658. The number of hydrogen-bond donors (Lipinski definition) is 1. The minimum Gasteiger partial charge on any atom is -0.452 e. The summed E-state index contributed by atoms with van der Waals surface area (Å²) in [4.78, 5) is 38.7. The molecule has 0 spiro atoms. The number of hydrogen-bond acceptors (Lipinski definition) is 7. The lowest BCUT2D eigenvalue weighted by Gasteiger charge is -2.09. The molecule has 0 fully saturated rings. The Balaban J connectivity index is 1.66. The fourth-order valence-electron chi connectivity index (χ4n) is 2.34. The fourth-order valence-corrected chi connectivity index (χ4v) is 3.06. The molecule has 1 N–H and O–H groups in total. The van der Waals surface area contributed by atoms with Crippen molar-refractivity contribution >= 4 is 44.8 Å². The van der Waals surface area contributed by atoms with E-state index in [9.17, 15) is 19.7 Å². The third kappa shape index (κ3) is 3.67. The predicted molar refractivity (Wildman–Crippen MR) is 96.4 cm³/mol. The van der Waals surface area contributed by atoms with E-state index >= 15 is 0 Å². The average molecular weight is 371 g/mol. The van der Waals surface area contributed by atoms with E-state index in [1.165, 1.54) is 23.5 Å². The zero-order valence-electron chi connectivity index (χ0n) is 13.6. The number of nitrogens with one attached hydrogen (secondary N) is 1. The summed E-state index contributed by atoms with van der Waals surface area (Å²) in [6.07, 6.45) is 0. The van der Waals surface area contributed by atoms with Gasteiger partial charge in [-0.3, -0.25) is 14.9 Å². The number of anilines is 1. The molecule has 132 valence electrons. The second-order valence-corrected chi connectivity index (χ2v) is 6.27. The van der Waals surface area contributed by atoms with Gasteiger partial charge < -0.3 is 10.1 Å². The largest absolute Gasteiger partial charge is 0.452 e. The standard InChI is InChI=1S/C17H13N3O5S/c1-10-3-2-4-13(20(23)24)16(10)19-15(21)8-25-17(22)11-5-6-12-14(7-11)26-9-18-12/h2-7,9H,8H2,1H3,(H,19,21). The topological polar surface area (TPSA) is 111 Å². The molecule has 3 aromatic rings. The summed E-state index contributed by atoms with van der Waals surface area (Å²) in [5.74, 6) is -1.32. The molecule has 1 heterocycles. The zero-order chi connectivity index (χ0) is 18.7. The van der Waals surface area contributed by atoms with E-state index in [1.54, 1.807) is 36.7 Å². The highest BCUT2D eigenvalue weighted by Crippen LogP contribution is 2.27. The Bertz CT molecular complexity index is 1010. The molecule has 0 aliphatic heterocycles. The van der Waals surface area contributed by atoms with E-state index in [4.69, 9.17) is 4.74 Å². The molecule has 0 atom stereocenters. The van der Waals surface area contributed by atoms with Gasteiger partial charge in [0, 0.05) is 6.07 Å². The third-order valence-electron chi connectivity index (χ3n) is 3.61. The summed E-state index contributed by atoms with van der Waals surface area (Å²) in [5, 5.41) is 13.5. The summed E-state index contributed by atoms with van der Waals surface area (Å²) >= 11 is 1.39. The number of esters is 1. The maximum atomic E-state index is 12.1. The first-order chi connectivity index (χ1) is 12.5. The van der Waals surface area contributed by atoms with Crippen molar-refractivity contribution in [2.75, 3.05) is 11.9 Å². The highest BCUT2D eigenvalue weighted by Gasteiger charge is 2.19. The molecule has 0 saturated heterocycles. The van der Waals surface area contributed by atoms with Crippen molar-refractivity contribution in [3.05, 3.63) is 63.1 Å². The van der Waals surface area contributed by atoms with Crippen molar-refractivity contribution in [1.29, 1.82) is 0 Å². The van der Waals surface area contributed by atoms with E-state index in [1.807, 2.05) is 0 Å². The number of aryl methyl sites for hydroxylation is 1. The lowest BCUT2D eigenvalue weighted by atomic mass is 10.1. The van der Waals surface area contributed by atoms with E-state index in [-0.39, 0.29) is 11.4 Å². The van der Waals surface area contributed by atoms with E-state index in [0.717, 1.165) is 10.2 Å². The molecule has 0 unspecified atom stereocenters. The van der Waals surface area contributed by atoms with Gasteiger partial charge >= 0.3 is 5.97 Å². The van der Waals surface area contributed by atoms with Crippen LogP contribution in [-0.2, 0) is 9.53 Å². The summed E-state index contributed by atoms with van der Waals surface area (Å²) < 4.78 is 5.82. The molecule has 2 aromatic carbocycles. The van der Waals surface area contributed by atoms with Crippen LogP contribution in [0.2, 0.25) is 0 Å². The maximum absolute atomic E-state index is 12.1. The number of nitro groups is 1. The highest BCUT2D eigenvalue weighted by atomic mass is 32.1. The van der Waals surface area contributed by atoms with Crippen LogP contribution in [0.1, 0.15) is 15.9 Å². The first kappa shape index (κ1) is 17.5. The van der Waals surface area contributed by atoms with Crippen LogP contribution in [0.4, 0.5) is 11.4 Å². The Morgan fingerprint density at radius 2 is 2.12 bits per heavy atom. The number of carbonyl (C=O) groups excluding carboxylic acids is 2. The fraction of sp³-hybridized carbons (Fsp3) is 0.118. The van der Waals surface area contributed by atoms with E-state index in [2.05, 4.69) is 10.3 Å². The minimum absolute atomic E-state index is 0.0876. The van der Waals surface area contributed by atoms with Crippen LogP contribution >= 0.6 is 11.3 Å². The summed E-state index contributed by atoms with van der Waals surface area (Å²) in [5.41, 5.74) is 3.15. The normalized spacial score (nSPS) is 10.5. The van der Waals surface area contributed by atoms with Crippen LogP contribution in [0.15, 0.2) is 41.9 Å². The molecule has 9 heteroatoms. The van der Waals surface area contributed by atoms with E-state index < -0.39 is 23.4 Å². The second-order valence-electron chi connectivity index (χ2n) is 5.39. The van der Waals surface area contributed by atoms with Gasteiger partial charge in [-0.2, -0.15) is 0 Å². The van der Waals surface area contributed by atoms with Crippen molar-refractivity contribution in [1.82, 2.24) is 4.98 Å². The van der Waals surface area contributed by atoms with Crippen molar-refractivity contribution in [2.24, 2.45) is 0 Å². The van der Waals surface area contributed by atoms with Gasteiger partial charge in [0.1, 0.15) is 5.69 Å². The lowest BCUT2D eigenvalue weighted by molar-refractivity contribution is -0.384. The van der Waals surface area contributed by atoms with Gasteiger partial charge in [0.05, 0.1) is 26.2 Å². The van der Waals surface area contributed by atoms with Crippen LogP contribution < -0.4 is 5.32 Å². The molecule has 1 amide bonds. The predicted octanol–water partition coefficient (Wildman–Crippen LogP) is 3.31. The number of nitrogens with zero attached hydrogens (tertiary/aromatic N) is 2. The number of nitro benzene ring substituents is 1. The van der Waals surface area contributed by atoms with Crippen LogP contribution in [0.3, 0.4) is 0 Å². The monoisotopic (exact) mass is 371 g/mol. The van der Waals surface area contributed by atoms with Gasteiger partial charge in [-0.25, -0.2) is 9.78 Å². The number of rotatable bonds is 5. The number of amides is 1. The average Bonchev–Trinajstić information content (AvgIpc) is 3.08. The van der Waals surface area contributed by atoms with Crippen molar-refractivity contribution in [3.8, 4) is 0 Å². The number of carbonyl (C=O) groups is 2. The second kappa shape index (κ2) is 7.28. The van der Waals surface area contributed by atoms with Gasteiger partial charge in [-0.05, 0) is 30.7 Å². The molecule has 0 aliphatic carbocycles. The van der Waals surface area contributed by atoms with Crippen LogP contribution in [0.5, 0.6) is 0 Å². The Morgan fingerprint density at radius 1 is 1.31 bits per heavy atom. The third-order valence-corrected chi connectivity index (χ3v) is 4.40. The van der Waals surface area contributed by atoms with Crippen LogP contribution in [0, 0.1) is 17.0 Å². The Labute approximate surface area is 151 Å². The molecule has 0 saturated carbocycles. The Hall–Kier alpha value is -3.33. The summed E-state index contributed by atoms with van der Waals surface area (Å²) in [7, 11) is 0. The Morgan fingerprint density at radius 3 is 2.88 bits per heavy atom. The molecular weight excluding hydrogens is 358 g/mol. The van der Waals surface area contributed by atoms with Crippen molar-refractivity contribution < 1.29 is 19.2 Å². The quantitative estimate of drug-likeness (QED) is 0.418. The van der Waals surface area contributed by atoms with Crippen LogP contribution in [0.25, 0.3) is 10.2 Å². The molecule has 0 radical (unpaired) electrons. The van der Waals surface area contributed by atoms with Gasteiger partial charge in [0.15, 0.2) is 6.61 Å². The number of para-hydroxylation sites is 1. The molecule has 1 aromatic heterocycles. The van der Waals surface area contributed by atoms with Crippen LogP contribution in [-0.4, -0.2) is 28.4 Å². The van der Waals surface area contributed by atoms with E-state index in [0.29, 0.717) is 11.1 Å². The van der Waals surface area contributed by atoms with Gasteiger partial charge in [-0.15, -0.1) is 11.3 Å². The number of ether oxygens (including phenoxy) is 1. The SMILES string of the molecule is Cc1cccc([N+](=O)[O-])c1NC(=O)COC(=O)c1ccc2ncsc2c1. The molecule has 0 aliphatic rings. The number of benzene rings is 2. The molecule has 3 rings (SSSR count). The molecule has 0 bridgehead atoms. The maximum Gasteiger partial charge on any atom is 0.338 e.